The van der Waals surface area contributed by atoms with Gasteiger partial charge in [-0.2, -0.15) is 0 Å². The Morgan fingerprint density at radius 2 is 2.04 bits per heavy atom. The number of ether oxygens (including phenoxy) is 1. The molecule has 4 nitrogen and oxygen atoms in total. The van der Waals surface area contributed by atoms with Crippen LogP contribution in [-0.4, -0.2) is 60.1 Å². The molecule has 3 aliphatic rings. The van der Waals surface area contributed by atoms with Crippen molar-refractivity contribution in [2.75, 3.05) is 32.8 Å². The van der Waals surface area contributed by atoms with Crippen LogP contribution in [0.15, 0.2) is 24.3 Å². The summed E-state index contributed by atoms with van der Waals surface area (Å²) in [6.07, 6.45) is 5.63. The van der Waals surface area contributed by atoms with Gasteiger partial charge in [-0.1, -0.05) is 36.2 Å². The zero-order valence-electron chi connectivity index (χ0n) is 14.7. The van der Waals surface area contributed by atoms with Crippen molar-refractivity contribution in [1.29, 1.82) is 0 Å². The molecule has 3 fully saturated rings. The summed E-state index contributed by atoms with van der Waals surface area (Å²) in [5.41, 5.74) is 2.27. The molecule has 0 saturated carbocycles. The topological polar surface area (TPSA) is 32.8 Å². The normalized spacial score (nSPS) is 26.5. The maximum atomic E-state index is 12.5. The molecule has 24 heavy (non-hydrogen) atoms. The van der Waals surface area contributed by atoms with Crippen molar-refractivity contribution in [3.8, 4) is 0 Å². The molecule has 1 aromatic carbocycles. The van der Waals surface area contributed by atoms with Gasteiger partial charge in [0.25, 0.3) is 0 Å². The van der Waals surface area contributed by atoms with E-state index in [1.807, 2.05) is 17.0 Å². The van der Waals surface area contributed by atoms with Gasteiger partial charge in [-0.3, -0.25) is 9.69 Å². The summed E-state index contributed by atoms with van der Waals surface area (Å²) in [5.74, 6) is 0.233. The maximum Gasteiger partial charge on any atom is 0.227 e. The Balaban J connectivity index is 1.29. The molecule has 1 aromatic rings. The lowest BCUT2D eigenvalue weighted by atomic mass is 9.88. The third-order valence-corrected chi connectivity index (χ3v) is 5.85. The highest BCUT2D eigenvalue weighted by molar-refractivity contribution is 5.80. The minimum atomic E-state index is -0.0512. The van der Waals surface area contributed by atoms with Gasteiger partial charge in [-0.05, 0) is 44.8 Å². The van der Waals surface area contributed by atoms with Gasteiger partial charge in [-0.25, -0.2) is 0 Å². The van der Waals surface area contributed by atoms with Crippen molar-refractivity contribution in [1.82, 2.24) is 9.80 Å². The first-order chi connectivity index (χ1) is 11.6. The summed E-state index contributed by atoms with van der Waals surface area (Å²) in [6.45, 7) is 6.92. The van der Waals surface area contributed by atoms with Crippen LogP contribution < -0.4 is 0 Å². The molecule has 1 atom stereocenters. The second kappa shape index (κ2) is 6.49. The Kier molecular flexibility index (Phi) is 4.35. The number of likely N-dealkylation sites (tertiary alicyclic amines) is 2. The minimum absolute atomic E-state index is 0.0512. The van der Waals surface area contributed by atoms with Crippen LogP contribution in [0, 0.1) is 6.92 Å². The molecule has 0 N–H and O–H groups in total. The van der Waals surface area contributed by atoms with Crippen LogP contribution in [-0.2, 0) is 16.0 Å². The fourth-order valence-corrected chi connectivity index (χ4v) is 4.49. The first kappa shape index (κ1) is 16.1. The minimum Gasteiger partial charge on any atom is -0.370 e. The largest absolute Gasteiger partial charge is 0.370 e. The van der Waals surface area contributed by atoms with Crippen LogP contribution in [0.2, 0.25) is 0 Å². The molecular weight excluding hydrogens is 300 g/mol. The van der Waals surface area contributed by atoms with Gasteiger partial charge >= 0.3 is 0 Å². The standard InChI is InChI=1S/C20H28N2O2/c1-16-6-5-7-17(10-16)11-19(23)22-14-20(15-22)12-18(13-24-20)21-8-3-2-4-9-21/h5-7,10,18H,2-4,8-9,11-15H2,1H3. The van der Waals surface area contributed by atoms with E-state index < -0.39 is 0 Å². The van der Waals surface area contributed by atoms with E-state index >= 15 is 0 Å². The van der Waals surface area contributed by atoms with Gasteiger partial charge in [0.15, 0.2) is 0 Å². The number of nitrogens with zero attached hydrogens (tertiary/aromatic N) is 2. The summed E-state index contributed by atoms with van der Waals surface area (Å²) in [5, 5.41) is 0. The van der Waals surface area contributed by atoms with Gasteiger partial charge < -0.3 is 9.64 Å². The van der Waals surface area contributed by atoms with E-state index in [9.17, 15) is 4.79 Å². The van der Waals surface area contributed by atoms with Crippen molar-refractivity contribution in [2.45, 2.75) is 50.7 Å². The Morgan fingerprint density at radius 1 is 1.25 bits per heavy atom. The van der Waals surface area contributed by atoms with E-state index in [1.54, 1.807) is 0 Å². The van der Waals surface area contributed by atoms with Crippen LogP contribution in [0.3, 0.4) is 0 Å². The van der Waals surface area contributed by atoms with Crippen LogP contribution in [0.1, 0.15) is 36.8 Å². The molecule has 3 aliphatic heterocycles. The Hall–Kier alpha value is -1.39. The average Bonchev–Trinajstić information content (AvgIpc) is 3.00. The summed E-state index contributed by atoms with van der Waals surface area (Å²) in [4.78, 5) is 17.1. The average molecular weight is 328 g/mol. The number of hydrogen-bond acceptors (Lipinski definition) is 3. The lowest BCUT2D eigenvalue weighted by molar-refractivity contribution is -0.157. The van der Waals surface area contributed by atoms with Gasteiger partial charge in [0.05, 0.1) is 26.1 Å². The second-order valence-corrected chi connectivity index (χ2v) is 7.86. The van der Waals surface area contributed by atoms with Crippen LogP contribution in [0.5, 0.6) is 0 Å². The molecular formula is C20H28N2O2. The van der Waals surface area contributed by atoms with Gasteiger partial charge in [0.1, 0.15) is 5.60 Å². The zero-order valence-corrected chi connectivity index (χ0v) is 14.7. The van der Waals surface area contributed by atoms with Crippen molar-refractivity contribution in [3.63, 3.8) is 0 Å². The van der Waals surface area contributed by atoms with E-state index in [0.717, 1.165) is 31.7 Å². The first-order valence-corrected chi connectivity index (χ1v) is 9.35. The highest BCUT2D eigenvalue weighted by Gasteiger charge is 2.52. The fourth-order valence-electron chi connectivity index (χ4n) is 4.49. The molecule has 1 spiro atoms. The molecule has 0 bridgehead atoms. The van der Waals surface area contributed by atoms with Crippen LogP contribution >= 0.6 is 0 Å². The number of rotatable bonds is 3. The highest BCUT2D eigenvalue weighted by Crippen LogP contribution is 2.37. The number of benzene rings is 1. The smallest absolute Gasteiger partial charge is 0.227 e. The number of carbonyl (C=O) groups excluding carboxylic acids is 1. The van der Waals surface area contributed by atoms with E-state index in [1.165, 1.54) is 37.9 Å². The molecule has 0 aliphatic carbocycles. The molecule has 3 saturated heterocycles. The molecule has 1 amide bonds. The fraction of sp³-hybridized carbons (Fsp3) is 0.650. The predicted molar refractivity (Wildman–Crippen MR) is 94.0 cm³/mol. The molecule has 4 heteroatoms. The summed E-state index contributed by atoms with van der Waals surface area (Å²) < 4.78 is 6.16. The number of aryl methyl sites for hydroxylation is 1. The molecule has 3 heterocycles. The van der Waals surface area contributed by atoms with E-state index in [2.05, 4.69) is 24.0 Å². The number of carbonyl (C=O) groups is 1. The summed E-state index contributed by atoms with van der Waals surface area (Å²) in [7, 11) is 0. The number of hydrogen-bond donors (Lipinski definition) is 0. The number of amides is 1. The first-order valence-electron chi connectivity index (χ1n) is 9.35. The summed E-state index contributed by atoms with van der Waals surface area (Å²) in [6, 6.07) is 8.81. The molecule has 4 rings (SSSR count). The SMILES string of the molecule is Cc1cccc(CC(=O)N2CC3(CC(N4CCCCC4)CO3)C2)c1. The van der Waals surface area contributed by atoms with Crippen molar-refractivity contribution in [3.05, 3.63) is 35.4 Å². The lowest BCUT2D eigenvalue weighted by Crippen LogP contribution is -2.63. The van der Waals surface area contributed by atoms with Crippen molar-refractivity contribution >= 4 is 5.91 Å². The van der Waals surface area contributed by atoms with Gasteiger partial charge in [-0.15, -0.1) is 0 Å². The van der Waals surface area contributed by atoms with Gasteiger partial charge in [0, 0.05) is 6.04 Å². The Bertz CT molecular complexity index is 603. The van der Waals surface area contributed by atoms with E-state index in [-0.39, 0.29) is 11.5 Å². The Morgan fingerprint density at radius 3 is 2.79 bits per heavy atom. The molecule has 0 radical (unpaired) electrons. The zero-order chi connectivity index (χ0) is 16.6. The summed E-state index contributed by atoms with van der Waals surface area (Å²) >= 11 is 0. The predicted octanol–water partition coefficient (Wildman–Crippen LogP) is 2.39. The van der Waals surface area contributed by atoms with Crippen molar-refractivity contribution < 1.29 is 9.53 Å². The highest BCUT2D eigenvalue weighted by atomic mass is 16.5. The third-order valence-electron chi connectivity index (χ3n) is 5.85. The monoisotopic (exact) mass is 328 g/mol. The Labute approximate surface area is 144 Å². The van der Waals surface area contributed by atoms with E-state index in [0.29, 0.717) is 12.5 Å². The van der Waals surface area contributed by atoms with Crippen LogP contribution in [0.4, 0.5) is 0 Å². The molecule has 130 valence electrons. The quantitative estimate of drug-likeness (QED) is 0.854. The number of piperidine rings is 1. The lowest BCUT2D eigenvalue weighted by Gasteiger charge is -2.47. The van der Waals surface area contributed by atoms with Gasteiger partial charge in [0.2, 0.25) is 5.91 Å². The van der Waals surface area contributed by atoms with Crippen LogP contribution in [0.25, 0.3) is 0 Å². The van der Waals surface area contributed by atoms with E-state index in [4.69, 9.17) is 4.74 Å². The molecule has 1 unspecified atom stereocenters. The van der Waals surface area contributed by atoms with Crippen molar-refractivity contribution in [2.24, 2.45) is 0 Å². The molecule has 0 aromatic heterocycles. The maximum absolute atomic E-state index is 12.5. The third kappa shape index (κ3) is 3.22. The second-order valence-electron chi connectivity index (χ2n) is 7.86.